The van der Waals surface area contributed by atoms with Crippen molar-refractivity contribution in [2.24, 2.45) is 17.2 Å². The maximum atomic E-state index is 6.75. The van der Waals surface area contributed by atoms with Gasteiger partial charge in [-0.05, 0) is 41.5 Å². The summed E-state index contributed by atoms with van der Waals surface area (Å²) in [6, 6.07) is -0.524. The van der Waals surface area contributed by atoms with Crippen LogP contribution in [0.2, 0.25) is 0 Å². The quantitative estimate of drug-likeness (QED) is 0.703. The van der Waals surface area contributed by atoms with Gasteiger partial charge in [-0.15, -0.1) is 0 Å². The molecule has 28 heavy (non-hydrogen) atoms. The second kappa shape index (κ2) is 6.96. The van der Waals surface area contributed by atoms with Gasteiger partial charge in [-0.25, -0.2) is 0 Å². The topological polar surface area (TPSA) is 81.3 Å². The molecule has 0 aromatic heterocycles. The summed E-state index contributed by atoms with van der Waals surface area (Å²) >= 11 is 0. The van der Waals surface area contributed by atoms with Crippen LogP contribution in [0.1, 0.15) is 41.5 Å². The molecule has 6 atom stereocenters. The predicted molar refractivity (Wildman–Crippen MR) is 120 cm³/mol. The molecule has 0 bridgehead atoms. The third-order valence-corrected chi connectivity index (χ3v) is 6.85. The molecule has 0 saturated carbocycles. The van der Waals surface area contributed by atoms with Gasteiger partial charge in [0.15, 0.2) is 0 Å². The smallest absolute Gasteiger partial charge is 0.0571 e. The lowest BCUT2D eigenvalue weighted by atomic mass is 9.70. The molecule has 0 fully saturated rings. The number of nitrogens with two attached hydrogens (primary N) is 3. The Bertz CT molecular complexity index is 720. The molecule has 152 valence electrons. The van der Waals surface area contributed by atoms with Gasteiger partial charge in [0.25, 0.3) is 0 Å². The van der Waals surface area contributed by atoms with E-state index in [-0.39, 0.29) is 18.1 Å². The van der Waals surface area contributed by atoms with Gasteiger partial charge in [-0.2, -0.15) is 0 Å². The Morgan fingerprint density at radius 3 is 1.07 bits per heavy atom. The fourth-order valence-corrected chi connectivity index (χ4v) is 4.98. The maximum absolute atomic E-state index is 6.75. The molecule has 0 radical (unpaired) electrons. The molecule has 0 aromatic rings. The van der Waals surface area contributed by atoms with Crippen molar-refractivity contribution in [3.8, 4) is 0 Å². The number of hydrogen-bond acceptors (Lipinski definition) is 4. The highest BCUT2D eigenvalue weighted by Gasteiger charge is 2.55. The van der Waals surface area contributed by atoms with Crippen molar-refractivity contribution in [2.75, 3.05) is 0 Å². The molecule has 0 heterocycles. The third-order valence-electron chi connectivity index (χ3n) is 6.85. The van der Waals surface area contributed by atoms with Crippen LogP contribution in [0.25, 0.3) is 0 Å². The molecule has 6 unspecified atom stereocenters. The lowest BCUT2D eigenvalue weighted by Gasteiger charge is -2.62. The van der Waals surface area contributed by atoms with Gasteiger partial charge < -0.3 is 17.2 Å². The molecule has 4 nitrogen and oxygen atoms in total. The molecule has 3 aliphatic carbocycles. The molecule has 0 spiro atoms. The zero-order valence-electron chi connectivity index (χ0n) is 18.1. The van der Waals surface area contributed by atoms with Crippen molar-refractivity contribution >= 4 is 0 Å². The standard InChI is InChI=1S/C24H36N4/c1-16-7-10-22(4,19(25)13-16)28(23(5)11-8-17(2)14-20(23)26)24(6)12-9-18(3)15-21(24)27/h7-15,19-21H,25-27H2,1-6H3. The summed E-state index contributed by atoms with van der Waals surface area (Å²) < 4.78 is 0. The molecular formula is C24H36N4. The number of allylic oxidation sites excluding steroid dienone is 6. The Labute approximate surface area is 170 Å². The van der Waals surface area contributed by atoms with Crippen LogP contribution >= 0.6 is 0 Å². The fraction of sp³-hybridized carbons (Fsp3) is 0.500. The second-order valence-electron chi connectivity index (χ2n) is 9.32. The van der Waals surface area contributed by atoms with E-state index in [0.717, 1.165) is 0 Å². The largest absolute Gasteiger partial charge is 0.323 e. The zero-order chi connectivity index (χ0) is 20.9. The summed E-state index contributed by atoms with van der Waals surface area (Å²) in [5.41, 5.74) is 22.4. The highest BCUT2D eigenvalue weighted by molar-refractivity contribution is 5.42. The van der Waals surface area contributed by atoms with E-state index in [0.29, 0.717) is 0 Å². The Hall–Kier alpha value is -1.72. The molecule has 0 amide bonds. The van der Waals surface area contributed by atoms with Crippen LogP contribution in [0.3, 0.4) is 0 Å². The lowest BCUT2D eigenvalue weighted by molar-refractivity contribution is -0.0415. The van der Waals surface area contributed by atoms with Crippen LogP contribution < -0.4 is 17.2 Å². The van der Waals surface area contributed by atoms with Crippen LogP contribution in [-0.2, 0) is 0 Å². The van der Waals surface area contributed by atoms with Crippen LogP contribution in [0.15, 0.2) is 71.4 Å². The van der Waals surface area contributed by atoms with Crippen LogP contribution in [-0.4, -0.2) is 39.6 Å². The van der Waals surface area contributed by atoms with E-state index in [1.807, 2.05) is 0 Å². The SMILES string of the molecule is CC1=CC(N)C(C)(N(C2(C)C=CC(C)=CC2N)C2(C)C=CC(C)=CC2N)C=C1. The first-order chi connectivity index (χ1) is 12.9. The average Bonchev–Trinajstić information content (AvgIpc) is 2.60. The average molecular weight is 381 g/mol. The highest BCUT2D eigenvalue weighted by Crippen LogP contribution is 2.45. The molecule has 3 rings (SSSR count). The summed E-state index contributed by atoms with van der Waals surface area (Å²) in [4.78, 5) is 2.45. The molecule has 0 saturated heterocycles. The monoisotopic (exact) mass is 380 g/mol. The second-order valence-corrected chi connectivity index (χ2v) is 9.32. The van der Waals surface area contributed by atoms with Gasteiger partial charge >= 0.3 is 0 Å². The minimum absolute atomic E-state index is 0.175. The van der Waals surface area contributed by atoms with Gasteiger partial charge in [0.2, 0.25) is 0 Å². The van der Waals surface area contributed by atoms with Crippen LogP contribution in [0, 0.1) is 0 Å². The Kier molecular flexibility index (Phi) is 5.22. The molecule has 0 aromatic carbocycles. The van der Waals surface area contributed by atoms with Crippen LogP contribution in [0.4, 0.5) is 0 Å². The van der Waals surface area contributed by atoms with Crippen molar-refractivity contribution in [3.63, 3.8) is 0 Å². The third kappa shape index (κ3) is 3.18. The Balaban J connectivity index is 2.21. The van der Waals surface area contributed by atoms with Crippen LogP contribution in [0.5, 0.6) is 0 Å². The predicted octanol–water partition coefficient (Wildman–Crippen LogP) is 3.09. The molecule has 6 N–H and O–H groups in total. The summed E-state index contributed by atoms with van der Waals surface area (Å²) in [6.07, 6.45) is 19.5. The van der Waals surface area contributed by atoms with E-state index >= 15 is 0 Å². The van der Waals surface area contributed by atoms with Crippen molar-refractivity contribution < 1.29 is 0 Å². The van der Waals surface area contributed by atoms with E-state index in [4.69, 9.17) is 17.2 Å². The van der Waals surface area contributed by atoms with Gasteiger partial charge in [0.1, 0.15) is 0 Å². The van der Waals surface area contributed by atoms with E-state index in [2.05, 4.69) is 101 Å². The minimum Gasteiger partial charge on any atom is -0.323 e. The van der Waals surface area contributed by atoms with Crippen molar-refractivity contribution in [3.05, 3.63) is 71.4 Å². The number of nitrogens with zero attached hydrogens (tertiary/aromatic N) is 1. The molecule has 0 aliphatic heterocycles. The molecule has 4 heteroatoms. The maximum Gasteiger partial charge on any atom is 0.0571 e. The first-order valence-electron chi connectivity index (χ1n) is 10.1. The van der Waals surface area contributed by atoms with Gasteiger partial charge in [0.05, 0.1) is 16.6 Å². The molecular weight excluding hydrogens is 344 g/mol. The van der Waals surface area contributed by atoms with Crippen molar-refractivity contribution in [1.29, 1.82) is 0 Å². The summed E-state index contributed by atoms with van der Waals surface area (Å²) in [6.45, 7) is 12.8. The number of hydrogen-bond donors (Lipinski definition) is 3. The first kappa shape index (κ1) is 21.0. The fourth-order valence-electron chi connectivity index (χ4n) is 4.98. The van der Waals surface area contributed by atoms with E-state index in [9.17, 15) is 0 Å². The first-order valence-corrected chi connectivity index (χ1v) is 10.1. The van der Waals surface area contributed by atoms with E-state index in [1.165, 1.54) is 16.7 Å². The van der Waals surface area contributed by atoms with Crippen molar-refractivity contribution in [1.82, 2.24) is 4.90 Å². The van der Waals surface area contributed by atoms with E-state index in [1.54, 1.807) is 0 Å². The van der Waals surface area contributed by atoms with Gasteiger partial charge in [-0.1, -0.05) is 71.4 Å². The molecule has 3 aliphatic rings. The normalized spacial score (nSPS) is 43.1. The van der Waals surface area contributed by atoms with Crippen molar-refractivity contribution in [2.45, 2.75) is 76.3 Å². The zero-order valence-corrected chi connectivity index (χ0v) is 18.1. The summed E-state index contributed by atoms with van der Waals surface area (Å²) in [5, 5.41) is 0. The van der Waals surface area contributed by atoms with Gasteiger partial charge in [-0.3, -0.25) is 4.90 Å². The Morgan fingerprint density at radius 2 is 0.857 bits per heavy atom. The minimum atomic E-state index is -0.453. The lowest BCUT2D eigenvalue weighted by Crippen LogP contribution is -2.77. The Morgan fingerprint density at radius 1 is 0.607 bits per heavy atom. The summed E-state index contributed by atoms with van der Waals surface area (Å²) in [5.74, 6) is 0. The number of rotatable bonds is 3. The van der Waals surface area contributed by atoms with Gasteiger partial charge in [0, 0.05) is 18.1 Å². The summed E-state index contributed by atoms with van der Waals surface area (Å²) in [7, 11) is 0. The van der Waals surface area contributed by atoms with E-state index < -0.39 is 16.6 Å². The highest BCUT2D eigenvalue weighted by atomic mass is 15.3.